The van der Waals surface area contributed by atoms with E-state index in [-0.39, 0.29) is 19.1 Å². The topological polar surface area (TPSA) is 118 Å². The summed E-state index contributed by atoms with van der Waals surface area (Å²) in [5.74, 6) is -0.976. The Kier molecular flexibility index (Phi) is 10.2. The Labute approximate surface area is 226 Å². The first kappa shape index (κ1) is 28.2. The summed E-state index contributed by atoms with van der Waals surface area (Å²) in [4.78, 5) is 36.3. The van der Waals surface area contributed by atoms with Gasteiger partial charge in [0.05, 0.1) is 24.0 Å². The van der Waals surface area contributed by atoms with Crippen molar-refractivity contribution in [1.29, 1.82) is 0 Å². The van der Waals surface area contributed by atoms with Gasteiger partial charge < -0.3 is 20.1 Å². The largest absolute Gasteiger partial charge is 0.493 e. The van der Waals surface area contributed by atoms with Gasteiger partial charge in [0.2, 0.25) is 0 Å². The average Bonchev–Trinajstić information content (AvgIpc) is 2.92. The summed E-state index contributed by atoms with van der Waals surface area (Å²) in [6.07, 6.45) is 1.35. The summed E-state index contributed by atoms with van der Waals surface area (Å²) in [6.45, 7) is 4.17. The predicted molar refractivity (Wildman–Crippen MR) is 147 cm³/mol. The molecule has 3 N–H and O–H groups in total. The summed E-state index contributed by atoms with van der Waals surface area (Å²) in [7, 11) is 1.45. The van der Waals surface area contributed by atoms with Crippen LogP contribution in [0.5, 0.6) is 11.5 Å². The lowest BCUT2D eigenvalue weighted by molar-refractivity contribution is -0.139. The van der Waals surface area contributed by atoms with Gasteiger partial charge in [0.25, 0.3) is 5.91 Å². The Hall–Kier alpha value is -4.37. The molecule has 0 saturated carbocycles. The van der Waals surface area contributed by atoms with Crippen molar-refractivity contribution in [1.82, 2.24) is 10.7 Å². The van der Waals surface area contributed by atoms with Crippen LogP contribution in [0.25, 0.3) is 0 Å². The van der Waals surface area contributed by atoms with E-state index in [0.29, 0.717) is 33.7 Å². The fraction of sp³-hybridized carbons (Fsp3) is 0.214. The fourth-order valence-corrected chi connectivity index (χ4v) is 3.46. The predicted octanol–water partition coefficient (Wildman–Crippen LogP) is 4.26. The molecule has 0 unspecified atom stereocenters. The summed E-state index contributed by atoms with van der Waals surface area (Å²) in [5, 5.41) is 9.48. The highest BCUT2D eigenvalue weighted by Gasteiger charge is 2.13. The van der Waals surface area contributed by atoms with Crippen molar-refractivity contribution in [3.8, 4) is 11.5 Å². The minimum Gasteiger partial charge on any atom is -0.493 e. The third kappa shape index (κ3) is 8.35. The minimum atomic E-state index is -0.892. The molecule has 10 heteroatoms. The molecule has 0 aliphatic rings. The van der Waals surface area contributed by atoms with Gasteiger partial charge in [0.15, 0.2) is 18.1 Å². The number of hydrogen-bond acceptors (Lipinski definition) is 6. The van der Waals surface area contributed by atoms with Crippen molar-refractivity contribution in [3.63, 3.8) is 0 Å². The number of benzene rings is 3. The van der Waals surface area contributed by atoms with E-state index < -0.39 is 11.8 Å². The Balaban J connectivity index is 1.48. The first-order valence-corrected chi connectivity index (χ1v) is 12.2. The molecule has 9 nitrogen and oxygen atoms in total. The maximum Gasteiger partial charge on any atom is 0.329 e. The number of ether oxygens (including phenoxy) is 2. The molecular weight excluding hydrogens is 508 g/mol. The number of halogens is 1. The van der Waals surface area contributed by atoms with Crippen molar-refractivity contribution in [2.24, 2.45) is 5.10 Å². The highest BCUT2D eigenvalue weighted by Crippen LogP contribution is 2.28. The number of rotatable bonds is 10. The molecule has 3 aromatic carbocycles. The Morgan fingerprint density at radius 1 is 0.974 bits per heavy atom. The molecule has 0 bridgehead atoms. The molecule has 0 saturated heterocycles. The number of carbonyl (C=O) groups is 3. The van der Waals surface area contributed by atoms with Crippen LogP contribution in [0, 0.1) is 0 Å². The number of hydrazone groups is 1. The number of nitrogens with zero attached hydrogens (tertiary/aromatic N) is 1. The van der Waals surface area contributed by atoms with Gasteiger partial charge in [-0.2, -0.15) is 5.10 Å². The maximum absolute atomic E-state index is 12.2. The van der Waals surface area contributed by atoms with Crippen molar-refractivity contribution in [2.75, 3.05) is 19.0 Å². The van der Waals surface area contributed by atoms with Crippen molar-refractivity contribution < 1.29 is 23.9 Å². The van der Waals surface area contributed by atoms with Gasteiger partial charge in [-0.05, 0) is 52.9 Å². The van der Waals surface area contributed by atoms with Crippen LogP contribution in [0.2, 0.25) is 5.02 Å². The molecular formula is C28H29ClN4O5. The van der Waals surface area contributed by atoms with Gasteiger partial charge in [0, 0.05) is 6.54 Å². The fourth-order valence-electron chi connectivity index (χ4n) is 3.28. The normalized spacial score (nSPS) is 10.8. The summed E-state index contributed by atoms with van der Waals surface area (Å²) >= 11 is 6.05. The Bertz CT molecular complexity index is 1310. The monoisotopic (exact) mass is 536 g/mol. The lowest BCUT2D eigenvalue weighted by atomic mass is 10.0. The SMILES string of the molecule is COc1cc(/C=N\NC(=O)C(=O)NCc2ccc(C(C)C)cc2)ccc1OCC(=O)Nc1ccccc1Cl. The minimum absolute atomic E-state index is 0.226. The van der Waals surface area contributed by atoms with Crippen LogP contribution in [0.1, 0.15) is 36.5 Å². The number of para-hydroxylation sites is 1. The first-order valence-electron chi connectivity index (χ1n) is 11.8. The lowest BCUT2D eigenvalue weighted by Crippen LogP contribution is -2.37. The van der Waals surface area contributed by atoms with Gasteiger partial charge in [-0.15, -0.1) is 0 Å². The molecule has 3 amide bonds. The zero-order chi connectivity index (χ0) is 27.5. The highest BCUT2D eigenvalue weighted by atomic mass is 35.5. The quantitative estimate of drug-likeness (QED) is 0.203. The second kappa shape index (κ2) is 13.8. The van der Waals surface area contributed by atoms with Crippen LogP contribution in [0.15, 0.2) is 71.8 Å². The van der Waals surface area contributed by atoms with Crippen molar-refractivity contribution >= 4 is 41.2 Å². The Morgan fingerprint density at radius 2 is 1.71 bits per heavy atom. The number of anilines is 1. The molecule has 0 radical (unpaired) electrons. The number of carbonyl (C=O) groups excluding carboxylic acids is 3. The van der Waals surface area contributed by atoms with Gasteiger partial charge in [-0.1, -0.05) is 61.8 Å². The number of hydrogen-bond donors (Lipinski definition) is 3. The van der Waals surface area contributed by atoms with E-state index in [1.54, 1.807) is 42.5 Å². The van der Waals surface area contributed by atoms with E-state index in [1.165, 1.54) is 18.9 Å². The number of amides is 3. The molecule has 0 fully saturated rings. The van der Waals surface area contributed by atoms with Crippen LogP contribution in [0.4, 0.5) is 5.69 Å². The second-order valence-corrected chi connectivity index (χ2v) is 8.91. The van der Waals surface area contributed by atoms with E-state index in [1.807, 2.05) is 24.3 Å². The molecule has 0 aromatic heterocycles. The standard InChI is InChI=1S/C28H29ClN4O5/c1-18(2)21-11-8-19(9-12-21)15-30-27(35)28(36)33-31-16-20-10-13-24(25(14-20)37-3)38-17-26(34)32-23-7-5-4-6-22(23)29/h4-14,16,18H,15,17H2,1-3H3,(H,30,35)(H,32,34)(H,33,36)/b31-16-. The van der Waals surface area contributed by atoms with Crippen LogP contribution in [-0.4, -0.2) is 37.7 Å². The molecule has 0 spiro atoms. The van der Waals surface area contributed by atoms with Gasteiger partial charge in [-0.3, -0.25) is 14.4 Å². The molecule has 0 heterocycles. The van der Waals surface area contributed by atoms with E-state index >= 15 is 0 Å². The van der Waals surface area contributed by atoms with Gasteiger partial charge >= 0.3 is 11.8 Å². The zero-order valence-electron chi connectivity index (χ0n) is 21.3. The van der Waals surface area contributed by atoms with Crippen molar-refractivity contribution in [2.45, 2.75) is 26.3 Å². The average molecular weight is 537 g/mol. The van der Waals surface area contributed by atoms with Crippen LogP contribution >= 0.6 is 11.6 Å². The van der Waals surface area contributed by atoms with E-state index in [9.17, 15) is 14.4 Å². The van der Waals surface area contributed by atoms with E-state index in [2.05, 4.69) is 35.0 Å². The molecule has 3 aromatic rings. The highest BCUT2D eigenvalue weighted by molar-refractivity contribution is 6.35. The Morgan fingerprint density at radius 3 is 2.39 bits per heavy atom. The smallest absolute Gasteiger partial charge is 0.329 e. The first-order chi connectivity index (χ1) is 18.3. The number of nitrogens with one attached hydrogen (secondary N) is 3. The van der Waals surface area contributed by atoms with Crippen LogP contribution < -0.4 is 25.5 Å². The van der Waals surface area contributed by atoms with Crippen LogP contribution in [0.3, 0.4) is 0 Å². The maximum atomic E-state index is 12.2. The second-order valence-electron chi connectivity index (χ2n) is 8.51. The molecule has 38 heavy (non-hydrogen) atoms. The van der Waals surface area contributed by atoms with E-state index in [4.69, 9.17) is 21.1 Å². The van der Waals surface area contributed by atoms with Crippen molar-refractivity contribution in [3.05, 3.63) is 88.4 Å². The number of methoxy groups -OCH3 is 1. The summed E-state index contributed by atoms with van der Waals surface area (Å²) in [6, 6.07) is 19.6. The lowest BCUT2D eigenvalue weighted by Gasteiger charge is -2.12. The molecule has 3 rings (SSSR count). The summed E-state index contributed by atoms with van der Waals surface area (Å²) in [5.41, 5.74) is 5.33. The van der Waals surface area contributed by atoms with Gasteiger partial charge in [-0.25, -0.2) is 5.43 Å². The third-order valence-corrected chi connectivity index (χ3v) is 5.71. The van der Waals surface area contributed by atoms with Crippen LogP contribution in [-0.2, 0) is 20.9 Å². The van der Waals surface area contributed by atoms with Gasteiger partial charge in [0.1, 0.15) is 0 Å². The molecule has 0 atom stereocenters. The third-order valence-electron chi connectivity index (χ3n) is 5.38. The molecule has 0 aliphatic heterocycles. The molecule has 0 aliphatic carbocycles. The summed E-state index contributed by atoms with van der Waals surface area (Å²) < 4.78 is 10.9. The molecule has 198 valence electrons. The zero-order valence-corrected chi connectivity index (χ0v) is 22.0. The van der Waals surface area contributed by atoms with E-state index in [0.717, 1.165) is 5.56 Å².